The third-order valence-corrected chi connectivity index (χ3v) is 4.63. The number of nitrogens with one attached hydrogen (secondary N) is 1. The molecule has 0 atom stereocenters. The molecule has 0 saturated carbocycles. The van der Waals surface area contributed by atoms with Gasteiger partial charge in [0.1, 0.15) is 0 Å². The van der Waals surface area contributed by atoms with Crippen LogP contribution >= 0.6 is 0 Å². The topological polar surface area (TPSA) is 32.3 Å². The molecule has 124 valence electrons. The largest absolute Gasteiger partial charge is 0.376 e. The van der Waals surface area contributed by atoms with Gasteiger partial charge in [-0.15, -0.1) is 0 Å². The monoisotopic (exact) mass is 328 g/mol. The number of para-hydroxylation sites is 2. The van der Waals surface area contributed by atoms with Gasteiger partial charge in [0, 0.05) is 23.5 Å². The van der Waals surface area contributed by atoms with Crippen molar-refractivity contribution < 1.29 is 4.79 Å². The van der Waals surface area contributed by atoms with Gasteiger partial charge >= 0.3 is 0 Å². The van der Waals surface area contributed by atoms with Gasteiger partial charge in [0.15, 0.2) is 0 Å². The zero-order chi connectivity index (χ0) is 17.1. The molecule has 1 amide bonds. The molecule has 1 N–H and O–H groups in total. The number of benzene rings is 3. The molecular weight excluding hydrogens is 308 g/mol. The summed E-state index contributed by atoms with van der Waals surface area (Å²) in [7, 11) is 0. The van der Waals surface area contributed by atoms with E-state index in [0.717, 1.165) is 35.5 Å². The highest BCUT2D eigenvalue weighted by Gasteiger charge is 2.23. The number of amides is 1. The highest BCUT2D eigenvalue weighted by atomic mass is 16.2. The molecule has 0 radical (unpaired) electrons. The maximum atomic E-state index is 12.7. The van der Waals surface area contributed by atoms with E-state index in [9.17, 15) is 4.79 Å². The lowest BCUT2D eigenvalue weighted by atomic mass is 10.0. The summed E-state index contributed by atoms with van der Waals surface area (Å²) >= 11 is 0. The lowest BCUT2D eigenvalue weighted by molar-refractivity contribution is -0.116. The maximum Gasteiger partial charge on any atom is 0.246 e. The van der Waals surface area contributed by atoms with Crippen molar-refractivity contribution in [3.05, 3.63) is 84.4 Å². The molecule has 0 aliphatic carbocycles. The van der Waals surface area contributed by atoms with Crippen LogP contribution in [0.5, 0.6) is 0 Å². The zero-order valence-corrected chi connectivity index (χ0v) is 14.0. The first-order chi connectivity index (χ1) is 12.3. The standard InChI is InChI=1S/C22H20N2O/c25-22(24-15-14-18-10-4-7-13-21(18)24)16-23-20-12-6-5-11-19(20)17-8-2-1-3-9-17/h1-13,23H,14-16H2. The van der Waals surface area contributed by atoms with E-state index in [1.807, 2.05) is 59.5 Å². The van der Waals surface area contributed by atoms with Gasteiger partial charge in [0.05, 0.1) is 6.54 Å². The van der Waals surface area contributed by atoms with E-state index in [1.54, 1.807) is 0 Å². The van der Waals surface area contributed by atoms with Crippen molar-refractivity contribution in [1.29, 1.82) is 0 Å². The lowest BCUT2D eigenvalue weighted by Gasteiger charge is -2.19. The van der Waals surface area contributed by atoms with Crippen molar-refractivity contribution in [3.8, 4) is 11.1 Å². The molecule has 25 heavy (non-hydrogen) atoms. The van der Waals surface area contributed by atoms with E-state index in [2.05, 4.69) is 29.6 Å². The summed E-state index contributed by atoms with van der Waals surface area (Å²) in [5, 5.41) is 3.33. The Kier molecular flexibility index (Phi) is 4.21. The summed E-state index contributed by atoms with van der Waals surface area (Å²) in [6.07, 6.45) is 0.933. The number of hydrogen-bond donors (Lipinski definition) is 1. The van der Waals surface area contributed by atoms with Gasteiger partial charge < -0.3 is 10.2 Å². The first-order valence-electron chi connectivity index (χ1n) is 8.59. The van der Waals surface area contributed by atoms with Crippen LogP contribution in [0.15, 0.2) is 78.9 Å². The molecule has 3 aromatic rings. The summed E-state index contributed by atoms with van der Waals surface area (Å²) in [4.78, 5) is 14.6. The van der Waals surface area contributed by atoms with Gasteiger partial charge in [-0.3, -0.25) is 4.79 Å². The Balaban J connectivity index is 1.50. The van der Waals surface area contributed by atoms with Crippen LogP contribution in [-0.4, -0.2) is 19.0 Å². The third-order valence-electron chi connectivity index (χ3n) is 4.63. The van der Waals surface area contributed by atoms with E-state index in [0.29, 0.717) is 0 Å². The van der Waals surface area contributed by atoms with Crippen molar-refractivity contribution in [2.24, 2.45) is 0 Å². The minimum atomic E-state index is 0.104. The fourth-order valence-electron chi connectivity index (χ4n) is 3.37. The molecule has 3 aromatic carbocycles. The fourth-order valence-corrected chi connectivity index (χ4v) is 3.37. The third kappa shape index (κ3) is 3.13. The van der Waals surface area contributed by atoms with Crippen LogP contribution in [0.3, 0.4) is 0 Å². The van der Waals surface area contributed by atoms with Crippen LogP contribution in [0.2, 0.25) is 0 Å². The highest BCUT2D eigenvalue weighted by Crippen LogP contribution is 2.29. The Labute approximate surface area is 147 Å². The number of carbonyl (C=O) groups is 1. The van der Waals surface area contributed by atoms with Crippen LogP contribution in [0.4, 0.5) is 11.4 Å². The van der Waals surface area contributed by atoms with Gasteiger partial charge in [0.2, 0.25) is 5.91 Å². The molecule has 3 nitrogen and oxygen atoms in total. The average Bonchev–Trinajstić information content (AvgIpc) is 3.11. The Hall–Kier alpha value is -3.07. The van der Waals surface area contributed by atoms with E-state index in [-0.39, 0.29) is 12.5 Å². The van der Waals surface area contributed by atoms with Gasteiger partial charge in [-0.25, -0.2) is 0 Å². The SMILES string of the molecule is O=C(CNc1ccccc1-c1ccccc1)N1CCc2ccccc21. The van der Waals surface area contributed by atoms with Crippen LogP contribution in [0, 0.1) is 0 Å². The van der Waals surface area contributed by atoms with Crippen molar-refractivity contribution in [3.63, 3.8) is 0 Å². The van der Waals surface area contributed by atoms with E-state index in [1.165, 1.54) is 5.56 Å². The summed E-state index contributed by atoms with van der Waals surface area (Å²) in [6, 6.07) is 26.5. The van der Waals surface area contributed by atoms with Crippen molar-refractivity contribution in [1.82, 2.24) is 0 Å². The van der Waals surface area contributed by atoms with Gasteiger partial charge in [-0.2, -0.15) is 0 Å². The van der Waals surface area contributed by atoms with Crippen LogP contribution < -0.4 is 10.2 Å². The Morgan fingerprint density at radius 2 is 1.60 bits per heavy atom. The van der Waals surface area contributed by atoms with Gasteiger partial charge in [0.25, 0.3) is 0 Å². The molecule has 0 aromatic heterocycles. The smallest absolute Gasteiger partial charge is 0.246 e. The molecule has 0 bridgehead atoms. The molecule has 4 rings (SSSR count). The summed E-state index contributed by atoms with van der Waals surface area (Å²) < 4.78 is 0. The first-order valence-corrected chi connectivity index (χ1v) is 8.59. The van der Waals surface area contributed by atoms with Crippen LogP contribution in [0.1, 0.15) is 5.56 Å². The van der Waals surface area contributed by atoms with Gasteiger partial charge in [-0.05, 0) is 29.7 Å². The number of hydrogen-bond acceptors (Lipinski definition) is 2. The number of fused-ring (bicyclic) bond motifs is 1. The predicted molar refractivity (Wildman–Crippen MR) is 103 cm³/mol. The lowest BCUT2D eigenvalue weighted by Crippen LogP contribution is -2.34. The predicted octanol–water partition coefficient (Wildman–Crippen LogP) is 4.35. The van der Waals surface area contributed by atoms with Crippen LogP contribution in [0.25, 0.3) is 11.1 Å². The molecule has 0 fully saturated rings. The second-order valence-corrected chi connectivity index (χ2v) is 6.19. The molecule has 3 heteroatoms. The molecule has 0 spiro atoms. The molecule has 1 aliphatic rings. The minimum Gasteiger partial charge on any atom is -0.376 e. The van der Waals surface area contributed by atoms with Gasteiger partial charge in [-0.1, -0.05) is 66.7 Å². The van der Waals surface area contributed by atoms with Crippen molar-refractivity contribution >= 4 is 17.3 Å². The highest BCUT2D eigenvalue weighted by molar-refractivity contribution is 5.98. The van der Waals surface area contributed by atoms with Crippen molar-refractivity contribution in [2.45, 2.75) is 6.42 Å². The number of nitrogens with zero attached hydrogens (tertiary/aromatic N) is 1. The van der Waals surface area contributed by atoms with Crippen LogP contribution in [-0.2, 0) is 11.2 Å². The second kappa shape index (κ2) is 6.81. The summed E-state index contributed by atoms with van der Waals surface area (Å²) in [5.41, 5.74) is 5.53. The fraction of sp³-hybridized carbons (Fsp3) is 0.136. The molecule has 0 unspecified atom stereocenters. The Morgan fingerprint density at radius 3 is 2.48 bits per heavy atom. The summed E-state index contributed by atoms with van der Waals surface area (Å²) in [6.45, 7) is 1.05. The number of anilines is 2. The van der Waals surface area contributed by atoms with E-state index >= 15 is 0 Å². The van der Waals surface area contributed by atoms with E-state index in [4.69, 9.17) is 0 Å². The quantitative estimate of drug-likeness (QED) is 0.772. The maximum absolute atomic E-state index is 12.7. The average molecular weight is 328 g/mol. The minimum absolute atomic E-state index is 0.104. The second-order valence-electron chi connectivity index (χ2n) is 6.19. The van der Waals surface area contributed by atoms with E-state index < -0.39 is 0 Å². The first kappa shape index (κ1) is 15.5. The Bertz CT molecular complexity index is 889. The Morgan fingerprint density at radius 1 is 0.880 bits per heavy atom. The number of carbonyl (C=O) groups excluding carboxylic acids is 1. The summed E-state index contributed by atoms with van der Waals surface area (Å²) in [5.74, 6) is 0.104. The molecule has 1 aliphatic heterocycles. The normalized spacial score (nSPS) is 12.7. The molecule has 0 saturated heterocycles. The molecule has 1 heterocycles. The zero-order valence-electron chi connectivity index (χ0n) is 14.0. The molecular formula is C22H20N2O. The number of rotatable bonds is 4. The van der Waals surface area contributed by atoms with Crippen molar-refractivity contribution in [2.75, 3.05) is 23.3 Å².